The Morgan fingerprint density at radius 1 is 1.32 bits per heavy atom. The van der Waals surface area contributed by atoms with Gasteiger partial charge in [0.15, 0.2) is 0 Å². The lowest BCUT2D eigenvalue weighted by Crippen LogP contribution is -2.50. The summed E-state index contributed by atoms with van der Waals surface area (Å²) in [4.78, 5) is 24.9. The Hall–Kier alpha value is -1.01. The second-order valence-electron chi connectivity index (χ2n) is 5.49. The summed E-state index contributed by atoms with van der Waals surface area (Å²) in [6.45, 7) is 4.17. The molecule has 3 amide bonds. The highest BCUT2D eigenvalue weighted by molar-refractivity contribution is 9.10. The molecule has 2 aliphatic rings. The number of hydrogen-bond acceptors (Lipinski definition) is 3. The smallest absolute Gasteiger partial charge is 0.319 e. The van der Waals surface area contributed by atoms with Gasteiger partial charge in [-0.3, -0.25) is 10.1 Å². The van der Waals surface area contributed by atoms with Crippen LogP contribution in [0.4, 0.5) is 4.79 Å². The SMILES string of the molecule is CC1(C)CC2(NC(=O)NC2=O)c2cc(Br)ccc2S1. The Morgan fingerprint density at radius 2 is 2.05 bits per heavy atom. The molecule has 1 unspecified atom stereocenters. The summed E-state index contributed by atoms with van der Waals surface area (Å²) in [6, 6.07) is 5.45. The molecule has 0 aliphatic carbocycles. The van der Waals surface area contributed by atoms with E-state index in [2.05, 4.69) is 40.4 Å². The van der Waals surface area contributed by atoms with Gasteiger partial charge in [0.1, 0.15) is 5.54 Å². The van der Waals surface area contributed by atoms with Gasteiger partial charge in [-0.25, -0.2) is 4.79 Å². The van der Waals surface area contributed by atoms with Crippen molar-refractivity contribution in [2.45, 2.75) is 35.4 Å². The maximum absolute atomic E-state index is 12.3. The van der Waals surface area contributed by atoms with Crippen LogP contribution in [-0.2, 0) is 10.3 Å². The molecule has 2 heterocycles. The number of rotatable bonds is 0. The van der Waals surface area contributed by atoms with Gasteiger partial charge >= 0.3 is 6.03 Å². The zero-order valence-corrected chi connectivity index (χ0v) is 12.9. The third kappa shape index (κ3) is 1.97. The lowest BCUT2D eigenvalue weighted by Gasteiger charge is -2.41. The van der Waals surface area contributed by atoms with Gasteiger partial charge in [-0.15, -0.1) is 11.8 Å². The van der Waals surface area contributed by atoms with E-state index in [1.165, 1.54) is 0 Å². The first-order chi connectivity index (χ1) is 8.82. The first-order valence-corrected chi connectivity index (χ1v) is 7.56. The molecule has 100 valence electrons. The topological polar surface area (TPSA) is 58.2 Å². The first-order valence-electron chi connectivity index (χ1n) is 5.95. The van der Waals surface area contributed by atoms with Crippen LogP contribution >= 0.6 is 27.7 Å². The number of urea groups is 1. The van der Waals surface area contributed by atoms with Crippen molar-refractivity contribution in [1.82, 2.24) is 10.6 Å². The van der Waals surface area contributed by atoms with E-state index in [0.29, 0.717) is 6.42 Å². The minimum absolute atomic E-state index is 0.115. The number of thioether (sulfide) groups is 1. The monoisotopic (exact) mass is 340 g/mol. The van der Waals surface area contributed by atoms with E-state index in [0.717, 1.165) is 14.9 Å². The average molecular weight is 341 g/mol. The Kier molecular flexibility index (Phi) is 2.73. The van der Waals surface area contributed by atoms with Crippen molar-refractivity contribution in [3.8, 4) is 0 Å². The third-order valence-corrected chi connectivity index (χ3v) is 5.19. The largest absolute Gasteiger partial charge is 0.322 e. The van der Waals surface area contributed by atoms with Crippen LogP contribution in [0.2, 0.25) is 0 Å². The normalized spacial score (nSPS) is 27.9. The van der Waals surface area contributed by atoms with Crippen LogP contribution < -0.4 is 10.6 Å². The first kappa shape index (κ1) is 13.0. The molecule has 4 nitrogen and oxygen atoms in total. The molecule has 1 aromatic carbocycles. The highest BCUT2D eigenvalue weighted by atomic mass is 79.9. The van der Waals surface area contributed by atoms with Gasteiger partial charge in [-0.2, -0.15) is 0 Å². The number of hydrogen-bond donors (Lipinski definition) is 2. The summed E-state index contributed by atoms with van der Waals surface area (Å²) in [5.41, 5.74) is -0.0696. The molecule has 2 N–H and O–H groups in total. The predicted octanol–water partition coefficient (Wildman–Crippen LogP) is 2.76. The minimum Gasteiger partial charge on any atom is -0.319 e. The Bertz CT molecular complexity index is 602. The standard InChI is InChI=1S/C13H13BrN2O2S/c1-12(2)6-13(10(17)15-11(18)16-13)8-5-7(14)3-4-9(8)19-12/h3-5H,6H2,1-2H3,(H2,15,16,17,18). The molecule has 6 heteroatoms. The summed E-state index contributed by atoms with van der Waals surface area (Å²) in [5.74, 6) is -0.259. The maximum atomic E-state index is 12.3. The number of carbonyl (C=O) groups excluding carboxylic acids is 2. The van der Waals surface area contributed by atoms with Gasteiger partial charge < -0.3 is 5.32 Å². The van der Waals surface area contributed by atoms with Crippen molar-refractivity contribution in [2.24, 2.45) is 0 Å². The quantitative estimate of drug-likeness (QED) is 0.714. The zero-order valence-electron chi connectivity index (χ0n) is 10.5. The molecular weight excluding hydrogens is 328 g/mol. The Morgan fingerprint density at radius 3 is 2.68 bits per heavy atom. The molecule has 1 aromatic rings. The van der Waals surface area contributed by atoms with E-state index >= 15 is 0 Å². The van der Waals surface area contributed by atoms with E-state index in [9.17, 15) is 9.59 Å². The fourth-order valence-corrected chi connectivity index (χ4v) is 4.52. The van der Waals surface area contributed by atoms with Crippen molar-refractivity contribution >= 4 is 39.6 Å². The number of fused-ring (bicyclic) bond motifs is 2. The summed E-state index contributed by atoms with van der Waals surface area (Å²) in [7, 11) is 0. The van der Waals surface area contributed by atoms with Crippen molar-refractivity contribution in [2.75, 3.05) is 0 Å². The third-order valence-electron chi connectivity index (χ3n) is 3.42. The molecule has 1 fully saturated rings. The second-order valence-corrected chi connectivity index (χ2v) is 8.16. The number of amides is 3. The van der Waals surface area contributed by atoms with Crippen LogP contribution in [-0.4, -0.2) is 16.7 Å². The van der Waals surface area contributed by atoms with E-state index in [-0.39, 0.29) is 10.7 Å². The molecule has 19 heavy (non-hydrogen) atoms. The minimum atomic E-state index is -0.940. The van der Waals surface area contributed by atoms with Crippen LogP contribution in [0, 0.1) is 0 Å². The van der Waals surface area contributed by atoms with Gasteiger partial charge in [-0.1, -0.05) is 29.8 Å². The van der Waals surface area contributed by atoms with Crippen LogP contribution in [0.3, 0.4) is 0 Å². The number of carbonyl (C=O) groups is 2. The average Bonchev–Trinajstić information content (AvgIpc) is 2.54. The molecule has 1 saturated heterocycles. The Labute approximate surface area is 123 Å². The van der Waals surface area contributed by atoms with Crippen LogP contribution in [0.15, 0.2) is 27.6 Å². The summed E-state index contributed by atoms with van der Waals surface area (Å²) in [5, 5.41) is 5.19. The van der Waals surface area contributed by atoms with Gasteiger partial charge in [0, 0.05) is 19.7 Å². The maximum Gasteiger partial charge on any atom is 0.322 e. The number of benzene rings is 1. The number of halogens is 1. The van der Waals surface area contributed by atoms with Gasteiger partial charge in [-0.05, 0) is 24.6 Å². The van der Waals surface area contributed by atoms with Crippen molar-refractivity contribution in [3.63, 3.8) is 0 Å². The predicted molar refractivity (Wildman–Crippen MR) is 77.0 cm³/mol. The fraction of sp³-hybridized carbons (Fsp3) is 0.385. The summed E-state index contributed by atoms with van der Waals surface area (Å²) < 4.78 is 0.787. The number of imide groups is 1. The van der Waals surface area contributed by atoms with Crippen molar-refractivity contribution in [3.05, 3.63) is 28.2 Å². The summed E-state index contributed by atoms with van der Waals surface area (Å²) in [6.07, 6.45) is 0.575. The van der Waals surface area contributed by atoms with Crippen LogP contribution in [0.25, 0.3) is 0 Å². The molecule has 1 spiro atoms. The highest BCUT2D eigenvalue weighted by Gasteiger charge is 2.54. The van der Waals surface area contributed by atoms with Crippen molar-refractivity contribution in [1.29, 1.82) is 0 Å². The highest BCUT2D eigenvalue weighted by Crippen LogP contribution is 2.51. The van der Waals surface area contributed by atoms with Gasteiger partial charge in [0.05, 0.1) is 0 Å². The fourth-order valence-electron chi connectivity index (χ4n) is 2.80. The van der Waals surface area contributed by atoms with E-state index < -0.39 is 11.6 Å². The molecule has 3 rings (SSSR count). The van der Waals surface area contributed by atoms with Gasteiger partial charge in [0.2, 0.25) is 0 Å². The van der Waals surface area contributed by atoms with Crippen LogP contribution in [0.1, 0.15) is 25.8 Å². The Balaban J connectivity index is 2.23. The zero-order chi connectivity index (χ0) is 13.8. The molecule has 0 saturated carbocycles. The molecule has 0 bridgehead atoms. The lowest BCUT2D eigenvalue weighted by molar-refractivity contribution is -0.124. The molecule has 2 aliphatic heterocycles. The second kappa shape index (κ2) is 3.99. The lowest BCUT2D eigenvalue weighted by atomic mass is 9.81. The molecule has 0 aromatic heterocycles. The molecule has 1 atom stereocenters. The summed E-state index contributed by atoms with van der Waals surface area (Å²) >= 11 is 5.17. The van der Waals surface area contributed by atoms with Crippen molar-refractivity contribution < 1.29 is 9.59 Å². The van der Waals surface area contributed by atoms with E-state index in [4.69, 9.17) is 0 Å². The van der Waals surface area contributed by atoms with E-state index in [1.54, 1.807) is 11.8 Å². The molecule has 0 radical (unpaired) electrons. The molecular formula is C13H13BrN2O2S. The van der Waals surface area contributed by atoms with E-state index in [1.807, 2.05) is 18.2 Å². The number of nitrogens with one attached hydrogen (secondary N) is 2. The van der Waals surface area contributed by atoms with Gasteiger partial charge in [0.25, 0.3) is 5.91 Å². The van der Waals surface area contributed by atoms with Crippen LogP contribution in [0.5, 0.6) is 0 Å².